The summed E-state index contributed by atoms with van der Waals surface area (Å²) in [4.78, 5) is 17.8. The zero-order chi connectivity index (χ0) is 13.9. The molecule has 100 valence electrons. The van der Waals surface area contributed by atoms with E-state index < -0.39 is 5.97 Å². The van der Waals surface area contributed by atoms with Crippen LogP contribution in [0.5, 0.6) is 0 Å². The predicted octanol–water partition coefficient (Wildman–Crippen LogP) is 2.92. The SMILES string of the molecule is CCN(CC)c1cc(C(=O)O)cc(C(C)(C)C)n1. The number of carbonyl (C=O) groups is 1. The Morgan fingerprint density at radius 2 is 1.83 bits per heavy atom. The molecule has 0 aromatic carbocycles. The van der Waals surface area contributed by atoms with Crippen LogP contribution >= 0.6 is 0 Å². The van der Waals surface area contributed by atoms with Crippen LogP contribution in [0.2, 0.25) is 0 Å². The number of hydrogen-bond acceptors (Lipinski definition) is 3. The van der Waals surface area contributed by atoms with Gasteiger partial charge in [-0.15, -0.1) is 0 Å². The largest absolute Gasteiger partial charge is 0.478 e. The molecule has 1 heterocycles. The second kappa shape index (κ2) is 5.38. The topological polar surface area (TPSA) is 53.4 Å². The van der Waals surface area contributed by atoms with E-state index in [1.807, 2.05) is 34.6 Å². The third-order valence-electron chi connectivity index (χ3n) is 2.91. The van der Waals surface area contributed by atoms with Gasteiger partial charge in [0, 0.05) is 24.2 Å². The van der Waals surface area contributed by atoms with Crippen LogP contribution in [0.1, 0.15) is 50.7 Å². The Bertz CT molecular complexity index is 432. The maximum absolute atomic E-state index is 11.2. The van der Waals surface area contributed by atoms with Crippen molar-refractivity contribution in [3.8, 4) is 0 Å². The zero-order valence-electron chi connectivity index (χ0n) is 11.8. The Morgan fingerprint density at radius 3 is 2.22 bits per heavy atom. The predicted molar refractivity (Wildman–Crippen MR) is 73.5 cm³/mol. The molecule has 0 saturated carbocycles. The number of rotatable bonds is 4. The Hall–Kier alpha value is -1.58. The van der Waals surface area contributed by atoms with Crippen molar-refractivity contribution in [2.45, 2.75) is 40.0 Å². The van der Waals surface area contributed by atoms with Crippen LogP contribution in [0.4, 0.5) is 5.82 Å². The molecule has 0 radical (unpaired) electrons. The van der Waals surface area contributed by atoms with Gasteiger partial charge < -0.3 is 10.0 Å². The molecule has 0 fully saturated rings. The third kappa shape index (κ3) is 3.22. The van der Waals surface area contributed by atoms with Crippen LogP contribution in [0, 0.1) is 0 Å². The molecule has 1 rings (SSSR count). The first-order valence-corrected chi connectivity index (χ1v) is 6.30. The fourth-order valence-electron chi connectivity index (χ4n) is 1.73. The first-order valence-electron chi connectivity index (χ1n) is 6.30. The molecule has 18 heavy (non-hydrogen) atoms. The molecule has 0 aliphatic rings. The average molecular weight is 250 g/mol. The standard InChI is InChI=1S/C14H22N2O2/c1-6-16(7-2)12-9-10(13(17)18)8-11(15-12)14(3,4)5/h8-9H,6-7H2,1-5H3,(H,17,18). The lowest BCUT2D eigenvalue weighted by Gasteiger charge is -2.24. The number of pyridine rings is 1. The van der Waals surface area contributed by atoms with Crippen molar-refractivity contribution in [1.82, 2.24) is 4.98 Å². The van der Waals surface area contributed by atoms with E-state index in [1.54, 1.807) is 12.1 Å². The zero-order valence-corrected chi connectivity index (χ0v) is 11.8. The average Bonchev–Trinajstić information content (AvgIpc) is 2.29. The number of carboxylic acids is 1. The van der Waals surface area contributed by atoms with Crippen LogP contribution in [-0.4, -0.2) is 29.1 Å². The molecule has 4 nitrogen and oxygen atoms in total. The van der Waals surface area contributed by atoms with Crippen LogP contribution in [-0.2, 0) is 5.41 Å². The van der Waals surface area contributed by atoms with E-state index in [2.05, 4.69) is 9.88 Å². The first kappa shape index (κ1) is 14.5. The molecule has 0 saturated heterocycles. The number of nitrogens with zero attached hydrogens (tertiary/aromatic N) is 2. The number of hydrogen-bond donors (Lipinski definition) is 1. The van der Waals surface area contributed by atoms with Crippen LogP contribution < -0.4 is 4.90 Å². The van der Waals surface area contributed by atoms with Crippen molar-refractivity contribution in [3.05, 3.63) is 23.4 Å². The molecule has 4 heteroatoms. The van der Waals surface area contributed by atoms with Crippen molar-refractivity contribution in [3.63, 3.8) is 0 Å². The van der Waals surface area contributed by atoms with Crippen molar-refractivity contribution in [1.29, 1.82) is 0 Å². The van der Waals surface area contributed by atoms with E-state index >= 15 is 0 Å². The van der Waals surface area contributed by atoms with Gasteiger partial charge >= 0.3 is 5.97 Å². The molecule has 0 bridgehead atoms. The fourth-order valence-corrected chi connectivity index (χ4v) is 1.73. The van der Waals surface area contributed by atoms with Crippen molar-refractivity contribution < 1.29 is 9.90 Å². The van der Waals surface area contributed by atoms with Gasteiger partial charge in [0.15, 0.2) is 0 Å². The Kier molecular flexibility index (Phi) is 4.33. The van der Waals surface area contributed by atoms with E-state index in [-0.39, 0.29) is 5.41 Å². The molecule has 0 aliphatic heterocycles. The highest BCUT2D eigenvalue weighted by Crippen LogP contribution is 2.24. The molecule has 0 amide bonds. The number of aromatic nitrogens is 1. The third-order valence-corrected chi connectivity index (χ3v) is 2.91. The number of aromatic carboxylic acids is 1. The van der Waals surface area contributed by atoms with Gasteiger partial charge in [-0.2, -0.15) is 0 Å². The van der Waals surface area contributed by atoms with Crippen LogP contribution in [0.25, 0.3) is 0 Å². The summed E-state index contributed by atoms with van der Waals surface area (Å²) in [6.07, 6.45) is 0. The van der Waals surface area contributed by atoms with Gasteiger partial charge in [-0.3, -0.25) is 0 Å². The molecule has 0 spiro atoms. The van der Waals surface area contributed by atoms with E-state index in [4.69, 9.17) is 0 Å². The molecule has 0 aliphatic carbocycles. The summed E-state index contributed by atoms with van der Waals surface area (Å²) >= 11 is 0. The second-order valence-corrected chi connectivity index (χ2v) is 5.33. The van der Waals surface area contributed by atoms with Crippen LogP contribution in [0.15, 0.2) is 12.1 Å². The minimum atomic E-state index is -0.906. The van der Waals surface area contributed by atoms with Gasteiger partial charge in [-0.1, -0.05) is 20.8 Å². The van der Waals surface area contributed by atoms with Gasteiger partial charge in [0.05, 0.1) is 5.56 Å². The van der Waals surface area contributed by atoms with Crippen molar-refractivity contribution >= 4 is 11.8 Å². The molecule has 0 unspecified atom stereocenters. The highest BCUT2D eigenvalue weighted by atomic mass is 16.4. The Morgan fingerprint density at radius 1 is 1.28 bits per heavy atom. The minimum Gasteiger partial charge on any atom is -0.478 e. The van der Waals surface area contributed by atoms with Crippen LogP contribution in [0.3, 0.4) is 0 Å². The van der Waals surface area contributed by atoms with E-state index in [9.17, 15) is 9.90 Å². The van der Waals surface area contributed by atoms with Gasteiger partial charge in [0.1, 0.15) is 5.82 Å². The normalized spacial score (nSPS) is 11.4. The second-order valence-electron chi connectivity index (χ2n) is 5.33. The van der Waals surface area contributed by atoms with Gasteiger partial charge in [-0.25, -0.2) is 9.78 Å². The summed E-state index contributed by atoms with van der Waals surface area (Å²) in [7, 11) is 0. The maximum atomic E-state index is 11.2. The summed E-state index contributed by atoms with van der Waals surface area (Å²) in [5.74, 6) is -0.166. The lowest BCUT2D eigenvalue weighted by molar-refractivity contribution is 0.0696. The lowest BCUT2D eigenvalue weighted by Crippen LogP contribution is -2.25. The molecule has 1 aromatic heterocycles. The summed E-state index contributed by atoms with van der Waals surface area (Å²) < 4.78 is 0. The van der Waals surface area contributed by atoms with Gasteiger partial charge in [0.25, 0.3) is 0 Å². The quantitative estimate of drug-likeness (QED) is 0.892. The molecule has 1 N–H and O–H groups in total. The molecular formula is C14H22N2O2. The fraction of sp³-hybridized carbons (Fsp3) is 0.571. The molecule has 1 aromatic rings. The highest BCUT2D eigenvalue weighted by Gasteiger charge is 2.20. The summed E-state index contributed by atoms with van der Waals surface area (Å²) in [6, 6.07) is 3.31. The van der Waals surface area contributed by atoms with Gasteiger partial charge in [-0.05, 0) is 26.0 Å². The van der Waals surface area contributed by atoms with E-state index in [1.165, 1.54) is 0 Å². The highest BCUT2D eigenvalue weighted by molar-refractivity contribution is 5.88. The summed E-state index contributed by atoms with van der Waals surface area (Å²) in [5, 5.41) is 9.18. The lowest BCUT2D eigenvalue weighted by atomic mass is 9.90. The van der Waals surface area contributed by atoms with Crippen molar-refractivity contribution in [2.75, 3.05) is 18.0 Å². The minimum absolute atomic E-state index is 0.159. The Labute approximate surface area is 109 Å². The van der Waals surface area contributed by atoms with E-state index in [0.29, 0.717) is 5.56 Å². The smallest absolute Gasteiger partial charge is 0.335 e. The summed E-state index contributed by atoms with van der Waals surface area (Å²) in [5.41, 5.74) is 0.953. The monoisotopic (exact) mass is 250 g/mol. The Balaban J connectivity index is 3.35. The first-order chi connectivity index (χ1) is 8.29. The molecule has 0 atom stereocenters. The number of carboxylic acid groups (broad SMARTS) is 1. The number of anilines is 1. The van der Waals surface area contributed by atoms with Crippen molar-refractivity contribution in [2.24, 2.45) is 0 Å². The van der Waals surface area contributed by atoms with E-state index in [0.717, 1.165) is 24.6 Å². The van der Waals surface area contributed by atoms with Gasteiger partial charge in [0.2, 0.25) is 0 Å². The summed E-state index contributed by atoms with van der Waals surface area (Å²) in [6.45, 7) is 11.8. The maximum Gasteiger partial charge on any atom is 0.335 e. The molecular weight excluding hydrogens is 228 g/mol.